The van der Waals surface area contributed by atoms with Crippen molar-refractivity contribution in [2.75, 3.05) is 0 Å². The molecule has 0 aliphatic heterocycles. The summed E-state index contributed by atoms with van der Waals surface area (Å²) in [5.41, 5.74) is 0.589. The van der Waals surface area contributed by atoms with Crippen LogP contribution in [0.5, 0.6) is 5.88 Å². The topological polar surface area (TPSA) is 75.1 Å². The molecule has 1 heterocycles. The van der Waals surface area contributed by atoms with E-state index in [1.54, 1.807) is 24.3 Å². The summed E-state index contributed by atoms with van der Waals surface area (Å²) >= 11 is 5.95. The summed E-state index contributed by atoms with van der Waals surface area (Å²) < 4.78 is 5.29. The Morgan fingerprint density at radius 2 is 2.05 bits per heavy atom. The number of benzene rings is 1. The number of aromatic nitrogens is 2. The van der Waals surface area contributed by atoms with Gasteiger partial charge in [0.25, 0.3) is 0 Å². The monoisotopic (exact) mass is 302 g/mol. The zero-order chi connectivity index (χ0) is 13.0. The maximum absolute atomic E-state index is 10.8. The maximum atomic E-state index is 10.8. The molecule has 0 saturated carbocycles. The molecule has 0 saturated heterocycles. The van der Waals surface area contributed by atoms with Gasteiger partial charge >= 0.3 is 51.4 Å². The average molecular weight is 303 g/mol. The van der Waals surface area contributed by atoms with Crippen molar-refractivity contribution in [2.24, 2.45) is 0 Å². The number of hydrogen-bond donors (Lipinski definition) is 0. The third-order valence-electron chi connectivity index (χ3n) is 2.23. The van der Waals surface area contributed by atoms with Gasteiger partial charge in [0.15, 0.2) is 0 Å². The number of ether oxygens (including phenoxy) is 1. The summed E-state index contributed by atoms with van der Waals surface area (Å²) in [6.07, 6.45) is 1.26. The van der Waals surface area contributed by atoms with Gasteiger partial charge in [0.05, 0.1) is 17.7 Å². The molecule has 0 spiro atoms. The average Bonchev–Trinajstić information content (AvgIpc) is 2.38. The molecule has 92 valence electrons. The molecule has 19 heavy (non-hydrogen) atoms. The molecule has 1 aromatic carbocycles. The molecule has 0 amide bonds. The second-order valence-electron chi connectivity index (χ2n) is 3.42. The van der Waals surface area contributed by atoms with Crippen LogP contribution in [0.1, 0.15) is 15.9 Å². The van der Waals surface area contributed by atoms with E-state index in [2.05, 4.69) is 10.2 Å². The van der Waals surface area contributed by atoms with Crippen molar-refractivity contribution in [3.8, 4) is 5.88 Å². The van der Waals surface area contributed by atoms with Crippen LogP contribution in [0.2, 0.25) is 5.02 Å². The minimum absolute atomic E-state index is 0. The van der Waals surface area contributed by atoms with Gasteiger partial charge in [0.1, 0.15) is 6.61 Å². The van der Waals surface area contributed by atoms with Crippen LogP contribution < -0.4 is 61.2 Å². The maximum Gasteiger partial charge on any atom is 1.00 e. The summed E-state index contributed by atoms with van der Waals surface area (Å²) in [6.45, 7) is 0.110. The van der Waals surface area contributed by atoms with E-state index < -0.39 is 5.97 Å². The van der Waals surface area contributed by atoms with Crippen molar-refractivity contribution in [2.45, 2.75) is 6.61 Å². The van der Waals surface area contributed by atoms with Gasteiger partial charge in [-0.15, -0.1) is 5.10 Å². The third-order valence-corrected chi connectivity index (χ3v) is 2.60. The molecular weight excluding hydrogens is 295 g/mol. The number of carbonyl (C=O) groups excluding carboxylic acids is 1. The fourth-order valence-electron chi connectivity index (χ4n) is 1.34. The molecule has 2 rings (SSSR count). The molecule has 0 unspecified atom stereocenters. The van der Waals surface area contributed by atoms with E-state index in [-0.39, 0.29) is 69.4 Å². The number of halogens is 1. The number of carboxylic acid groups (broad SMARTS) is 1. The van der Waals surface area contributed by atoms with Gasteiger partial charge in [-0.3, -0.25) is 0 Å². The first kappa shape index (κ1) is 16.6. The van der Waals surface area contributed by atoms with Crippen molar-refractivity contribution in [3.63, 3.8) is 0 Å². The van der Waals surface area contributed by atoms with E-state index >= 15 is 0 Å². The molecule has 5 nitrogen and oxygen atoms in total. The standard InChI is InChI=1S/C12H9ClN2O3.K/c13-10-4-2-1-3-8(10)7-18-11-9(12(16)17)5-6-14-15-11;/h1-6H,7H2,(H,16,17);/q;+1/p-1. The number of rotatable bonds is 4. The molecule has 2 aromatic rings. The fourth-order valence-corrected chi connectivity index (χ4v) is 1.53. The van der Waals surface area contributed by atoms with Gasteiger partial charge in [0, 0.05) is 10.6 Å². The number of carboxylic acids is 1. The van der Waals surface area contributed by atoms with Crippen molar-refractivity contribution < 1.29 is 66.0 Å². The summed E-state index contributed by atoms with van der Waals surface area (Å²) in [7, 11) is 0. The van der Waals surface area contributed by atoms with Gasteiger partial charge in [-0.1, -0.05) is 29.8 Å². The van der Waals surface area contributed by atoms with E-state index in [0.717, 1.165) is 5.56 Å². The minimum atomic E-state index is -1.36. The van der Waals surface area contributed by atoms with E-state index in [9.17, 15) is 9.90 Å². The van der Waals surface area contributed by atoms with Gasteiger partial charge in [0.2, 0.25) is 5.88 Å². The van der Waals surface area contributed by atoms with E-state index in [1.807, 2.05) is 0 Å². The van der Waals surface area contributed by atoms with Gasteiger partial charge in [-0.2, -0.15) is 5.10 Å². The van der Waals surface area contributed by atoms with Crippen molar-refractivity contribution in [1.82, 2.24) is 10.2 Å². The number of nitrogens with zero attached hydrogens (tertiary/aromatic N) is 2. The Labute approximate surface area is 157 Å². The molecule has 0 fully saturated rings. The van der Waals surface area contributed by atoms with Crippen LogP contribution in [0.25, 0.3) is 0 Å². The smallest absolute Gasteiger partial charge is 0.545 e. The second-order valence-corrected chi connectivity index (χ2v) is 3.82. The number of aromatic carboxylic acids is 1. The quantitative estimate of drug-likeness (QED) is 0.615. The molecular formula is C12H8ClKN2O3. The molecule has 0 N–H and O–H groups in total. The van der Waals surface area contributed by atoms with E-state index in [0.29, 0.717) is 5.02 Å². The van der Waals surface area contributed by atoms with Crippen LogP contribution in [0.15, 0.2) is 36.5 Å². The number of carbonyl (C=O) groups is 1. The van der Waals surface area contributed by atoms with E-state index in [4.69, 9.17) is 16.3 Å². The molecule has 0 atom stereocenters. The predicted octanol–water partition coefficient (Wildman–Crippen LogP) is -1.92. The Morgan fingerprint density at radius 3 is 2.74 bits per heavy atom. The molecule has 0 aliphatic rings. The summed E-state index contributed by atoms with van der Waals surface area (Å²) in [6, 6.07) is 8.36. The van der Waals surface area contributed by atoms with Crippen LogP contribution >= 0.6 is 11.6 Å². The fraction of sp³-hybridized carbons (Fsp3) is 0.0833. The molecule has 0 aliphatic carbocycles. The minimum Gasteiger partial charge on any atom is -0.545 e. The first-order valence-corrected chi connectivity index (χ1v) is 5.45. The van der Waals surface area contributed by atoms with Gasteiger partial charge < -0.3 is 14.6 Å². The Morgan fingerprint density at radius 1 is 1.32 bits per heavy atom. The summed E-state index contributed by atoms with van der Waals surface area (Å²) in [5, 5.41) is 18.5. The zero-order valence-electron chi connectivity index (χ0n) is 10.2. The predicted molar refractivity (Wildman–Crippen MR) is 62.1 cm³/mol. The molecule has 7 heteroatoms. The number of hydrogen-bond acceptors (Lipinski definition) is 5. The van der Waals surface area contributed by atoms with Crippen LogP contribution in [-0.4, -0.2) is 16.2 Å². The molecule has 0 bridgehead atoms. The zero-order valence-corrected chi connectivity index (χ0v) is 14.0. The van der Waals surface area contributed by atoms with Crippen LogP contribution in [0.3, 0.4) is 0 Å². The Bertz CT molecular complexity index is 580. The Balaban J connectivity index is 0.00000180. The van der Waals surface area contributed by atoms with Crippen LogP contribution in [0.4, 0.5) is 0 Å². The Hall–Kier alpha value is -0.504. The van der Waals surface area contributed by atoms with Crippen molar-refractivity contribution in [1.29, 1.82) is 0 Å². The van der Waals surface area contributed by atoms with E-state index in [1.165, 1.54) is 12.3 Å². The SMILES string of the molecule is O=C([O-])c1ccnnc1OCc1ccccc1Cl.[K+]. The Kier molecular flexibility index (Phi) is 6.91. The van der Waals surface area contributed by atoms with Gasteiger partial charge in [-0.25, -0.2) is 0 Å². The normalized spacial score (nSPS) is 9.53. The summed E-state index contributed by atoms with van der Waals surface area (Å²) in [5.74, 6) is -1.45. The molecule has 0 radical (unpaired) electrons. The first-order valence-electron chi connectivity index (χ1n) is 5.07. The molecule has 1 aromatic heterocycles. The van der Waals surface area contributed by atoms with Crippen LogP contribution in [0, 0.1) is 0 Å². The first-order chi connectivity index (χ1) is 8.68. The third kappa shape index (κ3) is 4.52. The summed E-state index contributed by atoms with van der Waals surface area (Å²) in [4.78, 5) is 10.8. The van der Waals surface area contributed by atoms with Gasteiger partial charge in [-0.05, 0) is 12.1 Å². The van der Waals surface area contributed by atoms with Crippen molar-refractivity contribution >= 4 is 17.6 Å². The van der Waals surface area contributed by atoms with Crippen molar-refractivity contribution in [3.05, 3.63) is 52.7 Å². The largest absolute Gasteiger partial charge is 1.00 e. The second kappa shape index (κ2) is 7.93. The van der Waals surface area contributed by atoms with Crippen LogP contribution in [-0.2, 0) is 6.61 Å².